The molecule has 1 aliphatic heterocycles. The van der Waals surface area contributed by atoms with Gasteiger partial charge in [-0.05, 0) is 238 Å². The van der Waals surface area contributed by atoms with Crippen molar-refractivity contribution < 1.29 is 13.3 Å². The van der Waals surface area contributed by atoms with Gasteiger partial charge in [-0.15, -0.1) is 57.1 Å². The highest BCUT2D eigenvalue weighted by molar-refractivity contribution is 8.01. The van der Waals surface area contributed by atoms with Crippen molar-refractivity contribution in [1.29, 1.82) is 0 Å². The number of para-hydroxylation sites is 2. The third-order valence-electron chi connectivity index (χ3n) is 18.6. The Morgan fingerprint density at radius 3 is 1.34 bits per heavy atom. The Labute approximate surface area is 936 Å². The molecule has 9 aliphatic rings. The topological polar surface area (TPSA) is 167 Å². The number of benzene rings is 4. The molecular weight excluding hydrogens is 1910 g/mol. The second-order valence-corrected chi connectivity index (χ2v) is 30.4. The van der Waals surface area contributed by atoms with Gasteiger partial charge in [0, 0.05) is 79.8 Å². The number of aryl methyl sites for hydroxylation is 15. The van der Waals surface area contributed by atoms with E-state index in [1.54, 1.807) is 63.3 Å². The number of nitrogens with one attached hydrogen (secondary N) is 4. The van der Waals surface area contributed by atoms with Crippen molar-refractivity contribution >= 4 is 95.1 Å². The maximum Gasteiger partial charge on any atom is 0.181 e. The fourth-order valence-corrected chi connectivity index (χ4v) is 18.0. The van der Waals surface area contributed by atoms with Gasteiger partial charge in [0.05, 0.1) is 63.1 Å². The number of imidazole rings is 1. The molecule has 0 spiro atoms. The molecule has 848 valence electrons. The van der Waals surface area contributed by atoms with Gasteiger partial charge >= 0.3 is 0 Å². The standard InChI is InChI=1S/C9H8.C8H7N.C8H6O.C8H6S.C7H9N.C7H8O.C7H8S.2C6H8N2.C6H7NO.C6H7NS.C5H5NS2.24C2H6/c1-2-5-9-7-3-6-8(9)4-1;3*1-2-4-8-7(3-1)5-6-9-8;3*1-2-6-4-5-8-7(6)3-1;1-2-5-6(3-1)8-4-7-5;1-2-5-4-7-8-6(5)3-1;2*1-2-5-6(3-1)8-4-7-5;1-2-7-5-4(1)6-3-8-5;24*1-2/h1-6H,7H2;1-6,9H;2*1-6H;4-5,8H,1-3H2;2*4-5H,1-3H2;2*4H,1-3H2,(H,7,8);2*4H,1-3H2;3H,1-2H2;24*1-2H3. The van der Waals surface area contributed by atoms with Crippen LogP contribution >= 0.6 is 57.1 Å². The van der Waals surface area contributed by atoms with Crippen molar-refractivity contribution in [2.24, 2.45) is 0 Å². The molecule has 0 bridgehead atoms. The first-order valence-corrected chi connectivity index (χ1v) is 63.9. The minimum absolute atomic E-state index is 0.956. The molecule has 0 radical (unpaired) electrons. The summed E-state index contributed by atoms with van der Waals surface area (Å²) in [6, 6.07) is 45.7. The summed E-state index contributed by atoms with van der Waals surface area (Å²) >= 11 is 9.19. The monoisotopic (exact) mass is 2140 g/mol. The summed E-state index contributed by atoms with van der Waals surface area (Å²) < 4.78 is 18.2. The molecule has 17 heteroatoms. The molecule has 24 rings (SSSR count). The van der Waals surface area contributed by atoms with Crippen molar-refractivity contribution in [3.63, 3.8) is 0 Å². The molecule has 0 saturated heterocycles. The number of hydrogen-bond donors (Lipinski definition) is 4. The minimum Gasteiger partial charge on any atom is -0.469 e. The van der Waals surface area contributed by atoms with E-state index < -0.39 is 0 Å². The van der Waals surface area contributed by atoms with E-state index in [1.165, 1.54) is 238 Å². The van der Waals surface area contributed by atoms with Gasteiger partial charge in [-0.1, -0.05) is 423 Å². The first-order valence-electron chi connectivity index (χ1n) is 59.4. The third kappa shape index (κ3) is 72.6. The summed E-state index contributed by atoms with van der Waals surface area (Å²) in [4.78, 5) is 29.2. The molecule has 11 aromatic heterocycles. The maximum absolute atomic E-state index is 5.18. The van der Waals surface area contributed by atoms with Crippen molar-refractivity contribution in [2.45, 2.75) is 484 Å². The molecule has 0 atom stereocenters. The Balaban J connectivity index is -0.000000131. The van der Waals surface area contributed by atoms with E-state index >= 15 is 0 Å². The quantitative estimate of drug-likeness (QED) is 0.116. The van der Waals surface area contributed by atoms with Crippen LogP contribution in [-0.2, 0) is 103 Å². The molecule has 0 fully saturated rings. The second kappa shape index (κ2) is 134. The largest absolute Gasteiger partial charge is 0.469 e. The number of fused-ring (bicyclic) bond motifs is 12. The lowest BCUT2D eigenvalue weighted by molar-refractivity contribution is 0.508. The zero-order valence-corrected chi connectivity index (χ0v) is 109. The minimum atomic E-state index is 0.956. The molecule has 4 N–H and O–H groups in total. The normalized spacial score (nSPS) is 10.8. The number of thiazole rings is 2. The highest BCUT2D eigenvalue weighted by atomic mass is 32.2. The van der Waals surface area contributed by atoms with Gasteiger partial charge in [0.1, 0.15) is 17.1 Å². The third-order valence-corrected chi connectivity index (χ3v) is 23.7. The molecule has 148 heavy (non-hydrogen) atoms. The van der Waals surface area contributed by atoms with Crippen LogP contribution in [-0.4, -0.2) is 50.8 Å². The number of thioether (sulfide) groups is 1. The number of H-pyrrole nitrogens is 4. The van der Waals surface area contributed by atoms with Crippen molar-refractivity contribution in [1.82, 2.24) is 45.1 Å². The molecule has 0 amide bonds. The smallest absolute Gasteiger partial charge is 0.181 e. The number of rotatable bonds is 0. The molecule has 0 saturated carbocycles. The van der Waals surface area contributed by atoms with E-state index in [4.69, 9.17) is 13.3 Å². The first-order chi connectivity index (χ1) is 73.6. The summed E-state index contributed by atoms with van der Waals surface area (Å²) in [6.45, 7) is 96.0. The average Bonchev–Trinajstić information content (AvgIpc) is 1.75. The van der Waals surface area contributed by atoms with Gasteiger partial charge in [-0.25, -0.2) is 19.9 Å². The number of aromatic amines is 4. The van der Waals surface area contributed by atoms with Gasteiger partial charge < -0.3 is 28.2 Å². The van der Waals surface area contributed by atoms with Crippen LogP contribution in [0.4, 0.5) is 0 Å². The first kappa shape index (κ1) is 164. The van der Waals surface area contributed by atoms with Gasteiger partial charge in [-0.3, -0.25) is 5.10 Å². The fourth-order valence-electron chi connectivity index (χ4n) is 13.3. The van der Waals surface area contributed by atoms with Crippen LogP contribution in [0.2, 0.25) is 0 Å². The number of hydrogen-bond acceptors (Lipinski definition) is 13. The van der Waals surface area contributed by atoms with Crippen LogP contribution in [0.5, 0.6) is 0 Å². The Morgan fingerprint density at radius 2 is 0.764 bits per heavy atom. The van der Waals surface area contributed by atoms with Gasteiger partial charge in [-0.2, -0.15) is 5.10 Å². The number of aromatic nitrogens is 9. The molecule has 12 heterocycles. The van der Waals surface area contributed by atoms with E-state index in [0.717, 1.165) is 42.4 Å². The molecule has 0 unspecified atom stereocenters. The highest BCUT2D eigenvalue weighted by Gasteiger charge is 2.17. The van der Waals surface area contributed by atoms with Crippen LogP contribution in [0.3, 0.4) is 0 Å². The number of allylic oxidation sites excluding steroid dienone is 1. The van der Waals surface area contributed by atoms with Crippen LogP contribution in [0.25, 0.3) is 38.0 Å². The number of thiophene rings is 2. The summed E-state index contributed by atoms with van der Waals surface area (Å²) in [5, 5.41) is 15.0. The van der Waals surface area contributed by atoms with E-state index in [-0.39, 0.29) is 0 Å². The summed E-state index contributed by atoms with van der Waals surface area (Å²) in [5.41, 5.74) is 24.2. The second-order valence-electron chi connectivity index (χ2n) is 25.3. The Kier molecular flexibility index (Phi) is 149. The lowest BCUT2D eigenvalue weighted by atomic mass is 10.1. The number of furan rings is 2. The fraction of sp³-hybridized carbons (Fsp3) is 0.550. The van der Waals surface area contributed by atoms with E-state index in [0.29, 0.717) is 0 Å². The van der Waals surface area contributed by atoms with Crippen LogP contribution < -0.4 is 0 Å². The molecule has 4 aromatic carbocycles. The van der Waals surface area contributed by atoms with Gasteiger partial charge in [0.2, 0.25) is 0 Å². The predicted octanol–water partition coefficient (Wildman–Crippen LogP) is 46.3. The van der Waals surface area contributed by atoms with E-state index in [9.17, 15) is 0 Å². The molecule has 12 nitrogen and oxygen atoms in total. The van der Waals surface area contributed by atoms with Gasteiger partial charge in [0.25, 0.3) is 0 Å². The molecular formula is C131H231N9O3S5. The van der Waals surface area contributed by atoms with Crippen LogP contribution in [0.1, 0.15) is 472 Å². The lowest BCUT2D eigenvalue weighted by Gasteiger charge is -1.93. The number of nitrogens with zero attached hydrogens (tertiary/aromatic N) is 5. The highest BCUT2D eigenvalue weighted by Crippen LogP contribution is 2.34. The van der Waals surface area contributed by atoms with Gasteiger partial charge in [0.15, 0.2) is 6.39 Å². The average molecular weight is 2140 g/mol. The summed E-state index contributed by atoms with van der Waals surface area (Å²) in [6.07, 6.45) is 45.7. The molecule has 8 aliphatic carbocycles. The zero-order chi connectivity index (χ0) is 116. The van der Waals surface area contributed by atoms with Crippen molar-refractivity contribution in [3.05, 3.63) is 300 Å². The van der Waals surface area contributed by atoms with Crippen LogP contribution in [0, 0.1) is 0 Å². The van der Waals surface area contributed by atoms with Crippen molar-refractivity contribution in [2.75, 3.05) is 5.75 Å². The predicted molar refractivity (Wildman–Crippen MR) is 688 cm³/mol. The lowest BCUT2D eigenvalue weighted by Crippen LogP contribution is -1.77. The van der Waals surface area contributed by atoms with E-state index in [2.05, 4.69) is 159 Å². The maximum atomic E-state index is 5.18. The summed E-state index contributed by atoms with van der Waals surface area (Å²) in [5.74, 6) is 3.56. The van der Waals surface area contributed by atoms with Crippen molar-refractivity contribution in [3.8, 4) is 0 Å². The zero-order valence-electron chi connectivity index (χ0n) is 105. The Morgan fingerprint density at radius 1 is 0.284 bits per heavy atom. The number of oxazole rings is 1. The SMILES string of the molecule is C1=Cc2ccccc2C1.CC.CC.CC.CC.CC.CC.CC.CC.CC.CC.CC.CC.CC.CC.CC.CC.CC.CC.CC.CC.CC.CC.CC.CC.c1cc2c([nH]1)CCC2.c1cc2c(o1)CCC2.c1cc2c(s1)CCC2.c1ccc2[nH]ccc2c1.c1ccc2occc2c1.c1ccc2sccc2c1.c1n[nH]c2c1CCC2.c1nc2c([nH]1)CCC2.c1nc2c(o1)CCC2.c1nc2c(s1)CCC2.c1nc2c(s1)SCC2. The Bertz CT molecular complexity index is 3970. The molecule has 15 aromatic rings. The van der Waals surface area contributed by atoms with E-state index in [1.807, 2.05) is 428 Å². The van der Waals surface area contributed by atoms with Crippen LogP contribution in [0.15, 0.2) is 223 Å². The summed E-state index contributed by atoms with van der Waals surface area (Å²) in [7, 11) is 0. The Hall–Kier alpha value is -8.84.